The predicted octanol–water partition coefficient (Wildman–Crippen LogP) is 2.06. The largest absolute Gasteiger partial charge is 0.382 e. The molecule has 1 aliphatic heterocycles. The van der Waals surface area contributed by atoms with Crippen molar-refractivity contribution in [2.45, 2.75) is 40.0 Å². The van der Waals surface area contributed by atoms with Crippen LogP contribution in [0.15, 0.2) is 4.99 Å². The van der Waals surface area contributed by atoms with Gasteiger partial charge < -0.3 is 24.6 Å². The zero-order chi connectivity index (χ0) is 18.3. The van der Waals surface area contributed by atoms with Crippen LogP contribution in [0.5, 0.6) is 0 Å². The molecule has 0 aromatic rings. The lowest BCUT2D eigenvalue weighted by Gasteiger charge is -2.22. The highest BCUT2D eigenvalue weighted by Gasteiger charge is 2.24. The van der Waals surface area contributed by atoms with Crippen LogP contribution in [0.2, 0.25) is 0 Å². The van der Waals surface area contributed by atoms with Gasteiger partial charge in [-0.25, -0.2) is 0 Å². The molecule has 0 saturated carbocycles. The number of nitrogens with zero attached hydrogens (tertiary/aromatic N) is 3. The molecule has 0 aromatic heterocycles. The van der Waals surface area contributed by atoms with Gasteiger partial charge in [-0.1, -0.05) is 13.8 Å². The molecular weight excluding hydrogens is 316 g/mol. The van der Waals surface area contributed by atoms with E-state index in [1.54, 1.807) is 7.11 Å². The molecule has 0 bridgehead atoms. The summed E-state index contributed by atoms with van der Waals surface area (Å²) in [6.45, 7) is 16.2. The molecule has 0 amide bonds. The standard InChI is InChI=1S/C19H40N4O2/c1-5-20-19(21-11-8-9-12-22(6-2)7-3)23-13-10-18(16-23)17-25-15-14-24-4/h18H,5-17H2,1-4H3,(H,20,21). The second kappa shape index (κ2) is 14.3. The maximum Gasteiger partial charge on any atom is 0.193 e. The maximum absolute atomic E-state index is 5.69. The van der Waals surface area contributed by atoms with Crippen LogP contribution in [0.3, 0.4) is 0 Å². The number of unbranched alkanes of at least 4 members (excludes halogenated alkanes) is 1. The Kier molecular flexibility index (Phi) is 12.7. The van der Waals surface area contributed by atoms with Gasteiger partial charge in [-0.15, -0.1) is 0 Å². The first-order chi connectivity index (χ1) is 12.2. The fourth-order valence-corrected chi connectivity index (χ4v) is 3.15. The maximum atomic E-state index is 5.69. The topological polar surface area (TPSA) is 49.3 Å². The van der Waals surface area contributed by atoms with Gasteiger partial charge in [-0.2, -0.15) is 0 Å². The van der Waals surface area contributed by atoms with Crippen LogP contribution in [0, 0.1) is 5.92 Å². The Labute approximate surface area is 154 Å². The average molecular weight is 357 g/mol. The van der Waals surface area contributed by atoms with E-state index < -0.39 is 0 Å². The van der Waals surface area contributed by atoms with Crippen molar-refractivity contribution < 1.29 is 9.47 Å². The van der Waals surface area contributed by atoms with Crippen molar-refractivity contribution in [2.75, 3.05) is 72.7 Å². The lowest BCUT2D eigenvalue weighted by molar-refractivity contribution is 0.0536. The number of rotatable bonds is 13. The van der Waals surface area contributed by atoms with E-state index in [4.69, 9.17) is 14.5 Å². The SMILES string of the molecule is CCNC(=NCCCCN(CC)CC)N1CCC(COCCOC)C1. The highest BCUT2D eigenvalue weighted by Crippen LogP contribution is 2.16. The molecule has 0 radical (unpaired) electrons. The number of hydrogen-bond acceptors (Lipinski definition) is 4. The van der Waals surface area contributed by atoms with Crippen LogP contribution in [0.25, 0.3) is 0 Å². The van der Waals surface area contributed by atoms with Crippen molar-refractivity contribution in [3.05, 3.63) is 0 Å². The molecule has 6 heteroatoms. The van der Waals surface area contributed by atoms with Gasteiger partial charge in [-0.05, 0) is 45.8 Å². The van der Waals surface area contributed by atoms with Gasteiger partial charge in [0.1, 0.15) is 0 Å². The predicted molar refractivity (Wildman–Crippen MR) is 105 cm³/mol. The number of ether oxygens (including phenoxy) is 2. The Morgan fingerprint density at radius 1 is 1.20 bits per heavy atom. The van der Waals surface area contributed by atoms with Gasteiger partial charge in [-0.3, -0.25) is 4.99 Å². The first-order valence-corrected chi connectivity index (χ1v) is 10.1. The zero-order valence-electron chi connectivity index (χ0n) is 16.9. The number of hydrogen-bond donors (Lipinski definition) is 1. The molecule has 1 atom stereocenters. The summed E-state index contributed by atoms with van der Waals surface area (Å²) >= 11 is 0. The summed E-state index contributed by atoms with van der Waals surface area (Å²) < 4.78 is 10.7. The van der Waals surface area contributed by atoms with E-state index in [1.165, 1.54) is 19.4 Å². The minimum absolute atomic E-state index is 0.600. The van der Waals surface area contributed by atoms with Crippen molar-refractivity contribution in [1.82, 2.24) is 15.1 Å². The van der Waals surface area contributed by atoms with E-state index >= 15 is 0 Å². The minimum atomic E-state index is 0.600. The van der Waals surface area contributed by atoms with Crippen LogP contribution in [-0.2, 0) is 9.47 Å². The second-order valence-electron chi connectivity index (χ2n) is 6.64. The van der Waals surface area contributed by atoms with Gasteiger partial charge in [0.05, 0.1) is 19.8 Å². The molecule has 6 nitrogen and oxygen atoms in total. The molecule has 1 aliphatic rings. The summed E-state index contributed by atoms with van der Waals surface area (Å²) in [6, 6.07) is 0. The van der Waals surface area contributed by atoms with Crippen LogP contribution in [0.1, 0.15) is 40.0 Å². The molecule has 0 spiro atoms. The molecule has 0 aromatic carbocycles. The summed E-state index contributed by atoms with van der Waals surface area (Å²) in [5, 5.41) is 3.45. The van der Waals surface area contributed by atoms with E-state index in [-0.39, 0.29) is 0 Å². The van der Waals surface area contributed by atoms with Gasteiger partial charge in [0.25, 0.3) is 0 Å². The van der Waals surface area contributed by atoms with Crippen molar-refractivity contribution in [3.8, 4) is 0 Å². The first-order valence-electron chi connectivity index (χ1n) is 10.1. The van der Waals surface area contributed by atoms with Crippen LogP contribution >= 0.6 is 0 Å². The molecule has 1 N–H and O–H groups in total. The van der Waals surface area contributed by atoms with Crippen molar-refractivity contribution in [3.63, 3.8) is 0 Å². The average Bonchev–Trinajstić information content (AvgIpc) is 3.09. The summed E-state index contributed by atoms with van der Waals surface area (Å²) in [7, 11) is 1.71. The zero-order valence-corrected chi connectivity index (χ0v) is 16.9. The fraction of sp³-hybridized carbons (Fsp3) is 0.947. The van der Waals surface area contributed by atoms with Gasteiger partial charge in [0.2, 0.25) is 0 Å². The Morgan fingerprint density at radius 2 is 2.00 bits per heavy atom. The van der Waals surface area contributed by atoms with Crippen LogP contribution in [-0.4, -0.2) is 88.5 Å². The van der Waals surface area contributed by atoms with E-state index in [9.17, 15) is 0 Å². The van der Waals surface area contributed by atoms with Gasteiger partial charge in [0, 0.05) is 39.2 Å². The Bertz CT molecular complexity index is 348. The summed E-state index contributed by atoms with van der Waals surface area (Å²) in [5.74, 6) is 1.67. The third-order valence-corrected chi connectivity index (χ3v) is 4.74. The van der Waals surface area contributed by atoms with E-state index in [0.717, 1.165) is 58.3 Å². The molecule has 0 aliphatic carbocycles. The number of nitrogens with one attached hydrogen (secondary N) is 1. The third-order valence-electron chi connectivity index (χ3n) is 4.74. The van der Waals surface area contributed by atoms with Crippen LogP contribution in [0.4, 0.5) is 0 Å². The number of aliphatic imine (C=N–C) groups is 1. The third kappa shape index (κ3) is 9.42. The number of methoxy groups -OCH3 is 1. The quantitative estimate of drug-likeness (QED) is 0.311. The van der Waals surface area contributed by atoms with Gasteiger partial charge >= 0.3 is 0 Å². The molecule has 1 saturated heterocycles. The first kappa shape index (κ1) is 22.2. The van der Waals surface area contributed by atoms with Crippen molar-refractivity contribution in [2.24, 2.45) is 10.9 Å². The second-order valence-corrected chi connectivity index (χ2v) is 6.64. The highest BCUT2D eigenvalue weighted by molar-refractivity contribution is 5.80. The summed E-state index contributed by atoms with van der Waals surface area (Å²) in [5.41, 5.74) is 0. The van der Waals surface area contributed by atoms with E-state index in [2.05, 4.69) is 35.9 Å². The highest BCUT2D eigenvalue weighted by atomic mass is 16.5. The Hall–Kier alpha value is -0.850. The molecular formula is C19H40N4O2. The number of likely N-dealkylation sites (tertiary alicyclic amines) is 1. The van der Waals surface area contributed by atoms with E-state index in [1.807, 2.05) is 0 Å². The Morgan fingerprint density at radius 3 is 2.68 bits per heavy atom. The van der Waals surface area contributed by atoms with Crippen molar-refractivity contribution in [1.29, 1.82) is 0 Å². The summed E-state index contributed by atoms with van der Waals surface area (Å²) in [6.07, 6.45) is 3.56. The molecule has 1 fully saturated rings. The molecule has 1 unspecified atom stereocenters. The smallest absolute Gasteiger partial charge is 0.193 e. The normalized spacial score (nSPS) is 18.4. The van der Waals surface area contributed by atoms with Crippen LogP contribution < -0.4 is 5.32 Å². The number of guanidine groups is 1. The lowest BCUT2D eigenvalue weighted by Crippen LogP contribution is -2.40. The lowest BCUT2D eigenvalue weighted by atomic mass is 10.1. The Balaban J connectivity index is 2.30. The van der Waals surface area contributed by atoms with E-state index in [0.29, 0.717) is 19.1 Å². The minimum Gasteiger partial charge on any atom is -0.382 e. The van der Waals surface area contributed by atoms with Gasteiger partial charge in [0.15, 0.2) is 5.96 Å². The van der Waals surface area contributed by atoms with Crippen molar-refractivity contribution >= 4 is 5.96 Å². The monoisotopic (exact) mass is 356 g/mol. The summed E-state index contributed by atoms with van der Waals surface area (Å²) in [4.78, 5) is 9.70. The fourth-order valence-electron chi connectivity index (χ4n) is 3.15. The molecule has 1 rings (SSSR count). The molecule has 25 heavy (non-hydrogen) atoms. The molecule has 1 heterocycles. The molecule has 148 valence electrons.